The molecule has 0 aromatic heterocycles. The van der Waals surface area contributed by atoms with Gasteiger partial charge >= 0.3 is 5.97 Å². The Morgan fingerprint density at radius 1 is 0.812 bits per heavy atom. The van der Waals surface area contributed by atoms with Crippen LogP contribution in [0.15, 0.2) is 100 Å². The largest absolute Gasteiger partial charge is 0.462 e. The van der Waals surface area contributed by atoms with Crippen molar-refractivity contribution in [2.45, 2.75) is 137 Å². The van der Waals surface area contributed by atoms with Gasteiger partial charge in [0.2, 0.25) is 0 Å². The third kappa shape index (κ3) is 9.66. The van der Waals surface area contributed by atoms with Crippen molar-refractivity contribution >= 4 is 11.8 Å². The van der Waals surface area contributed by atoms with Crippen molar-refractivity contribution in [2.24, 2.45) is 10.8 Å². The number of allylic oxidation sites excluding steroid dienone is 14. The van der Waals surface area contributed by atoms with Crippen molar-refractivity contribution < 1.29 is 29.3 Å². The fraction of sp³-hybridized carbons (Fsp3) is 0.548. The summed E-state index contributed by atoms with van der Waals surface area (Å²) < 4.78 is 11.6. The number of Topliss-reactive ketones (excluding diaryl/α,β-unsaturated/α-hetero) is 1. The van der Waals surface area contributed by atoms with Gasteiger partial charge in [0.15, 0.2) is 5.78 Å². The van der Waals surface area contributed by atoms with Crippen LogP contribution in [0.25, 0.3) is 0 Å². The van der Waals surface area contributed by atoms with Crippen LogP contribution < -0.4 is 0 Å². The zero-order valence-corrected chi connectivity index (χ0v) is 31.1. The van der Waals surface area contributed by atoms with Gasteiger partial charge in [-0.05, 0) is 82.4 Å². The van der Waals surface area contributed by atoms with Crippen molar-refractivity contribution in [3.05, 3.63) is 100 Å². The van der Waals surface area contributed by atoms with E-state index in [4.69, 9.17) is 9.47 Å². The van der Waals surface area contributed by atoms with Crippen molar-refractivity contribution in [1.29, 1.82) is 0 Å². The van der Waals surface area contributed by atoms with Crippen LogP contribution in [0.4, 0.5) is 0 Å². The number of aliphatic hydroxyl groups excluding tert-OH is 1. The topological polar surface area (TPSA) is 96.4 Å². The SMILES string of the molecule is CC(=O)OC1CC(C)(C)C(=C=C/C(C)=C/C=C/C(C)=C/C=C/C=C(C)/C=C/C=C(\C)C(=O)C[C@@]23O[C@]2(C)C[C@@H](O)CC3(C)C)C(C)(O)C1. The minimum atomic E-state index is -1.11. The van der Waals surface area contributed by atoms with Gasteiger partial charge < -0.3 is 19.7 Å². The number of ether oxygens (including phenoxy) is 2. The lowest BCUT2D eigenvalue weighted by molar-refractivity contribution is -0.152. The zero-order chi connectivity index (χ0) is 36.1. The molecule has 0 spiro atoms. The van der Waals surface area contributed by atoms with Crippen LogP contribution in [0.3, 0.4) is 0 Å². The highest BCUT2D eigenvalue weighted by Crippen LogP contribution is 2.67. The maximum atomic E-state index is 13.1. The Kier molecular flexibility index (Phi) is 12.3. The molecule has 5 atom stereocenters. The van der Waals surface area contributed by atoms with Crippen molar-refractivity contribution in [3.8, 4) is 0 Å². The number of epoxide rings is 1. The van der Waals surface area contributed by atoms with E-state index in [0.717, 1.165) is 22.3 Å². The first-order chi connectivity index (χ1) is 22.1. The number of aliphatic hydroxyl groups is 2. The van der Waals surface area contributed by atoms with E-state index >= 15 is 0 Å². The molecule has 0 aromatic carbocycles. The number of carbonyl (C=O) groups is 2. The number of hydrogen-bond acceptors (Lipinski definition) is 6. The van der Waals surface area contributed by atoms with Gasteiger partial charge in [0, 0.05) is 31.8 Å². The molecule has 2 aliphatic carbocycles. The standard InChI is InChI=1S/C42H58O6/c1-29(18-14-19-31(3)22-23-37-38(6,7)26-35(47-33(5)43)27-40(37,10)46)16-12-13-17-30(2)20-15-21-32(4)36(45)28-42-39(8,9)24-34(44)25-41(42,11)48-42/h12-22,34-35,44,46H,24-28H2,1-11H3/b13-12+,18-14+,20-15+,29-16+,30-17+,31-19+,32-21+/t23?,34-,35?,40?,41+,42-/m0/s1. The fourth-order valence-electron chi connectivity index (χ4n) is 7.76. The summed E-state index contributed by atoms with van der Waals surface area (Å²) in [7, 11) is 0. The molecule has 0 amide bonds. The average molecular weight is 659 g/mol. The van der Waals surface area contributed by atoms with Crippen LogP contribution in [-0.2, 0) is 19.1 Å². The highest BCUT2D eigenvalue weighted by atomic mass is 16.6. The van der Waals surface area contributed by atoms with Gasteiger partial charge in [-0.25, -0.2) is 0 Å². The predicted molar refractivity (Wildman–Crippen MR) is 194 cm³/mol. The van der Waals surface area contributed by atoms with Crippen LogP contribution in [0, 0.1) is 10.8 Å². The molecule has 2 unspecified atom stereocenters. The highest BCUT2D eigenvalue weighted by Gasteiger charge is 2.76. The molecule has 6 heteroatoms. The van der Waals surface area contributed by atoms with E-state index in [9.17, 15) is 19.8 Å². The van der Waals surface area contributed by atoms with Gasteiger partial charge in [0.1, 0.15) is 11.7 Å². The molecule has 48 heavy (non-hydrogen) atoms. The molecule has 0 radical (unpaired) electrons. The van der Waals surface area contributed by atoms with E-state index in [1.807, 2.05) is 115 Å². The predicted octanol–water partition coefficient (Wildman–Crippen LogP) is 8.69. The monoisotopic (exact) mass is 658 g/mol. The van der Waals surface area contributed by atoms with E-state index in [2.05, 4.69) is 19.6 Å². The normalized spacial score (nSPS) is 32.4. The molecule has 1 aliphatic heterocycles. The number of carbonyl (C=O) groups excluding carboxylic acids is 2. The van der Waals surface area contributed by atoms with Crippen molar-refractivity contribution in [1.82, 2.24) is 0 Å². The van der Waals surface area contributed by atoms with Gasteiger partial charge in [0.05, 0.1) is 17.3 Å². The smallest absolute Gasteiger partial charge is 0.302 e. The van der Waals surface area contributed by atoms with Crippen LogP contribution in [0.5, 0.6) is 0 Å². The van der Waals surface area contributed by atoms with Crippen LogP contribution >= 0.6 is 0 Å². The highest BCUT2D eigenvalue weighted by molar-refractivity contribution is 5.96. The molecule has 6 nitrogen and oxygen atoms in total. The van der Waals surface area contributed by atoms with Crippen molar-refractivity contribution in [3.63, 3.8) is 0 Å². The lowest BCUT2D eigenvalue weighted by atomic mass is 9.61. The first-order valence-corrected chi connectivity index (χ1v) is 17.1. The fourth-order valence-corrected chi connectivity index (χ4v) is 7.76. The molecule has 3 rings (SSSR count). The molecular weight excluding hydrogens is 600 g/mol. The van der Waals surface area contributed by atoms with E-state index in [-0.39, 0.29) is 34.8 Å². The molecular formula is C42H58O6. The molecule has 2 N–H and O–H groups in total. The summed E-state index contributed by atoms with van der Waals surface area (Å²) in [5, 5.41) is 21.4. The Hall–Kier alpha value is -3.28. The lowest BCUT2D eigenvalue weighted by Crippen LogP contribution is -2.48. The number of rotatable bonds is 11. The Bertz CT molecular complexity index is 1510. The second kappa shape index (κ2) is 15.1. The Balaban J connectivity index is 1.54. The molecule has 3 fully saturated rings. The van der Waals surface area contributed by atoms with E-state index < -0.39 is 16.8 Å². The Morgan fingerprint density at radius 2 is 1.38 bits per heavy atom. The van der Waals surface area contributed by atoms with E-state index in [1.165, 1.54) is 6.92 Å². The molecule has 2 saturated carbocycles. The number of ketones is 1. The summed E-state index contributed by atoms with van der Waals surface area (Å²) in [4.78, 5) is 24.5. The minimum Gasteiger partial charge on any atom is -0.462 e. The third-order valence-electron chi connectivity index (χ3n) is 10.1. The summed E-state index contributed by atoms with van der Waals surface area (Å²) >= 11 is 0. The summed E-state index contributed by atoms with van der Waals surface area (Å²) in [6, 6.07) is 0. The average Bonchev–Trinajstić information content (AvgIpc) is 3.53. The van der Waals surface area contributed by atoms with E-state index in [1.54, 1.807) is 6.92 Å². The van der Waals surface area contributed by atoms with Crippen LogP contribution in [0.1, 0.15) is 108 Å². The summed E-state index contributed by atoms with van der Waals surface area (Å²) in [6.07, 6.45) is 23.6. The molecule has 1 saturated heterocycles. The van der Waals surface area contributed by atoms with Gasteiger partial charge in [0.25, 0.3) is 0 Å². The quantitative estimate of drug-likeness (QED) is 0.0758. The van der Waals surface area contributed by atoms with Crippen LogP contribution in [0.2, 0.25) is 0 Å². The van der Waals surface area contributed by atoms with Gasteiger partial charge in [-0.3, -0.25) is 9.59 Å². The molecule has 0 bridgehead atoms. The number of hydrogen-bond donors (Lipinski definition) is 2. The summed E-state index contributed by atoms with van der Waals surface area (Å²) in [5.74, 6) is -0.244. The second-order valence-corrected chi connectivity index (χ2v) is 15.9. The van der Waals surface area contributed by atoms with Crippen LogP contribution in [-0.4, -0.2) is 51.0 Å². The first-order valence-electron chi connectivity index (χ1n) is 17.1. The Morgan fingerprint density at radius 3 is 1.92 bits per heavy atom. The summed E-state index contributed by atoms with van der Waals surface area (Å²) in [5.41, 5.74) is 5.35. The summed E-state index contributed by atoms with van der Waals surface area (Å²) in [6.45, 7) is 21.4. The molecule has 0 aromatic rings. The second-order valence-electron chi connectivity index (χ2n) is 15.9. The van der Waals surface area contributed by atoms with Gasteiger partial charge in [-0.2, -0.15) is 0 Å². The minimum absolute atomic E-state index is 0.0816. The maximum Gasteiger partial charge on any atom is 0.302 e. The zero-order valence-electron chi connectivity index (χ0n) is 31.1. The number of fused-ring (bicyclic) bond motifs is 1. The van der Waals surface area contributed by atoms with Crippen molar-refractivity contribution in [2.75, 3.05) is 0 Å². The van der Waals surface area contributed by atoms with Gasteiger partial charge in [-0.15, -0.1) is 5.73 Å². The first kappa shape index (κ1) is 39.2. The maximum absolute atomic E-state index is 13.1. The molecule has 262 valence electrons. The molecule has 1 heterocycles. The lowest BCUT2D eigenvalue weighted by Gasteiger charge is -2.44. The van der Waals surface area contributed by atoms with E-state index in [0.29, 0.717) is 37.7 Å². The number of esters is 1. The van der Waals surface area contributed by atoms with Gasteiger partial charge in [-0.1, -0.05) is 99.6 Å². The third-order valence-corrected chi connectivity index (χ3v) is 10.1. The Labute approximate surface area is 289 Å². The molecule has 3 aliphatic rings.